The first-order valence-corrected chi connectivity index (χ1v) is 11.1. The smallest absolute Gasteiger partial charge is 0.233 e. The molecule has 0 aliphatic heterocycles. The van der Waals surface area contributed by atoms with Crippen LogP contribution in [0.3, 0.4) is 0 Å². The minimum absolute atomic E-state index is 0.309. The summed E-state index contributed by atoms with van der Waals surface area (Å²) in [6.07, 6.45) is 0.760. The lowest BCUT2D eigenvalue weighted by Gasteiger charge is -2.15. The molecular formula is C25H21NO2S. The molecule has 29 heavy (non-hydrogen) atoms. The average molecular weight is 400 g/mol. The van der Waals surface area contributed by atoms with Crippen LogP contribution in [0.5, 0.6) is 0 Å². The number of fused-ring (bicyclic) bond motifs is 3. The molecule has 0 atom stereocenters. The molecule has 0 N–H and O–H groups in total. The van der Waals surface area contributed by atoms with Gasteiger partial charge < -0.3 is 0 Å². The molecule has 0 radical (unpaired) electrons. The molecule has 0 saturated carbocycles. The number of hydrogen-bond acceptors (Lipinski definition) is 2. The third-order valence-electron chi connectivity index (χ3n) is 5.66. The Morgan fingerprint density at radius 2 is 1.45 bits per heavy atom. The summed E-state index contributed by atoms with van der Waals surface area (Å²) in [4.78, 5) is 0.309. The molecule has 0 amide bonds. The van der Waals surface area contributed by atoms with Crippen LogP contribution in [-0.4, -0.2) is 12.4 Å². The average Bonchev–Trinajstić information content (AvgIpc) is 3.22. The second-order valence-electron chi connectivity index (χ2n) is 7.62. The molecule has 4 aromatic rings. The van der Waals surface area contributed by atoms with Gasteiger partial charge >= 0.3 is 0 Å². The summed E-state index contributed by atoms with van der Waals surface area (Å²) in [5.41, 5.74) is 6.92. The van der Waals surface area contributed by atoms with Gasteiger partial charge in [-0.1, -0.05) is 71.8 Å². The van der Waals surface area contributed by atoms with E-state index < -0.39 is 10.0 Å². The van der Waals surface area contributed by atoms with Crippen LogP contribution in [0.1, 0.15) is 29.3 Å². The number of benzene rings is 3. The van der Waals surface area contributed by atoms with Crippen LogP contribution < -0.4 is 0 Å². The topological polar surface area (TPSA) is 39.1 Å². The summed E-state index contributed by atoms with van der Waals surface area (Å²) < 4.78 is 29.2. The summed E-state index contributed by atoms with van der Waals surface area (Å²) in [7, 11) is -3.75. The molecule has 3 aromatic carbocycles. The maximum absolute atomic E-state index is 13.8. The highest BCUT2D eigenvalue weighted by atomic mass is 32.2. The second kappa shape index (κ2) is 6.46. The lowest BCUT2D eigenvalue weighted by molar-refractivity contribution is 0.588. The molecule has 0 bridgehead atoms. The molecule has 5 rings (SSSR count). The Morgan fingerprint density at radius 1 is 0.793 bits per heavy atom. The van der Waals surface area contributed by atoms with Gasteiger partial charge in [0.25, 0.3) is 10.0 Å². The summed E-state index contributed by atoms with van der Waals surface area (Å²) in [5.74, 6) is 0. The first-order chi connectivity index (χ1) is 14.0. The van der Waals surface area contributed by atoms with Crippen LogP contribution in [0.4, 0.5) is 0 Å². The van der Waals surface area contributed by atoms with Crippen LogP contribution in [0.25, 0.3) is 16.5 Å². The Bertz CT molecular complexity index is 1380. The number of rotatable bonds is 3. The van der Waals surface area contributed by atoms with E-state index in [4.69, 9.17) is 0 Å². The van der Waals surface area contributed by atoms with Crippen molar-refractivity contribution in [3.05, 3.63) is 107 Å². The fourth-order valence-corrected chi connectivity index (χ4v) is 5.87. The van der Waals surface area contributed by atoms with Crippen molar-refractivity contribution >= 4 is 26.5 Å². The van der Waals surface area contributed by atoms with Crippen molar-refractivity contribution in [1.29, 1.82) is 0 Å². The van der Waals surface area contributed by atoms with E-state index in [1.807, 2.05) is 61.5 Å². The first-order valence-electron chi connectivity index (χ1n) is 9.68. The standard InChI is InChI=1S/C25H21NO2S/c1-17-12-14-20(15-13-17)29(27,28)26-23-11-7-6-10-21(23)22-16-18(2)24(25(22)26)19-8-4-3-5-9-19/h3-15H,16H2,1-2H3. The number of para-hydroxylation sites is 1. The summed E-state index contributed by atoms with van der Waals surface area (Å²) in [6.45, 7) is 4.05. The fraction of sp³-hybridized carbons (Fsp3) is 0.120. The first kappa shape index (κ1) is 18.0. The predicted octanol–water partition coefficient (Wildman–Crippen LogP) is 5.56. The highest BCUT2D eigenvalue weighted by Crippen LogP contribution is 2.44. The molecule has 0 spiro atoms. The van der Waals surface area contributed by atoms with Crippen LogP contribution in [0, 0.1) is 6.92 Å². The quantitative estimate of drug-likeness (QED) is 0.452. The van der Waals surface area contributed by atoms with E-state index in [0.29, 0.717) is 4.90 Å². The van der Waals surface area contributed by atoms with Gasteiger partial charge in [-0.25, -0.2) is 12.4 Å². The summed E-state index contributed by atoms with van der Waals surface area (Å²) in [6, 6.07) is 24.9. The maximum Gasteiger partial charge on any atom is 0.268 e. The number of hydrogen-bond donors (Lipinski definition) is 0. The van der Waals surface area contributed by atoms with Gasteiger partial charge in [0, 0.05) is 11.0 Å². The van der Waals surface area contributed by atoms with Gasteiger partial charge in [-0.05, 0) is 49.6 Å². The van der Waals surface area contributed by atoms with E-state index in [0.717, 1.165) is 45.3 Å². The van der Waals surface area contributed by atoms with Crippen LogP contribution in [0.15, 0.2) is 89.3 Å². The van der Waals surface area contributed by atoms with Crippen LogP contribution in [-0.2, 0) is 16.4 Å². The van der Waals surface area contributed by atoms with Gasteiger partial charge in [0.2, 0.25) is 0 Å². The fourth-order valence-electron chi connectivity index (χ4n) is 4.32. The predicted molar refractivity (Wildman–Crippen MR) is 118 cm³/mol. The van der Waals surface area contributed by atoms with Gasteiger partial charge in [-0.2, -0.15) is 0 Å². The Balaban J connectivity index is 1.86. The largest absolute Gasteiger partial charge is 0.268 e. The minimum atomic E-state index is -3.75. The van der Waals surface area contributed by atoms with E-state index in [1.54, 1.807) is 16.1 Å². The third-order valence-corrected chi connectivity index (χ3v) is 7.39. The molecule has 4 heteroatoms. The van der Waals surface area contributed by atoms with E-state index in [2.05, 4.69) is 19.1 Å². The van der Waals surface area contributed by atoms with E-state index >= 15 is 0 Å². The molecule has 144 valence electrons. The van der Waals surface area contributed by atoms with Crippen LogP contribution in [0.2, 0.25) is 0 Å². The minimum Gasteiger partial charge on any atom is -0.233 e. The molecule has 3 nitrogen and oxygen atoms in total. The normalized spacial score (nSPS) is 13.9. The highest BCUT2D eigenvalue weighted by molar-refractivity contribution is 7.90. The van der Waals surface area contributed by atoms with Gasteiger partial charge in [-0.15, -0.1) is 0 Å². The molecule has 1 aliphatic carbocycles. The zero-order valence-electron chi connectivity index (χ0n) is 16.4. The van der Waals surface area contributed by atoms with Crippen molar-refractivity contribution in [2.24, 2.45) is 0 Å². The summed E-state index contributed by atoms with van der Waals surface area (Å²) >= 11 is 0. The second-order valence-corrected chi connectivity index (χ2v) is 9.41. The third kappa shape index (κ3) is 2.67. The van der Waals surface area contributed by atoms with Crippen LogP contribution >= 0.6 is 0 Å². The van der Waals surface area contributed by atoms with Gasteiger partial charge in [0.1, 0.15) is 0 Å². The molecule has 1 aliphatic rings. The maximum atomic E-state index is 13.8. The zero-order chi connectivity index (χ0) is 20.2. The van der Waals surface area contributed by atoms with E-state index in [-0.39, 0.29) is 0 Å². The van der Waals surface area contributed by atoms with Crippen molar-refractivity contribution in [1.82, 2.24) is 3.97 Å². The van der Waals surface area contributed by atoms with Gasteiger partial charge in [0.15, 0.2) is 0 Å². The van der Waals surface area contributed by atoms with Crippen molar-refractivity contribution < 1.29 is 8.42 Å². The number of nitrogens with zero attached hydrogens (tertiary/aromatic N) is 1. The molecule has 1 aromatic heterocycles. The molecular weight excluding hydrogens is 378 g/mol. The number of allylic oxidation sites excluding steroid dienone is 1. The highest BCUT2D eigenvalue weighted by Gasteiger charge is 2.33. The number of aromatic nitrogens is 1. The van der Waals surface area contributed by atoms with Crippen molar-refractivity contribution in [2.75, 3.05) is 0 Å². The van der Waals surface area contributed by atoms with Crippen molar-refractivity contribution in [2.45, 2.75) is 25.2 Å². The van der Waals surface area contributed by atoms with Gasteiger partial charge in [-0.3, -0.25) is 0 Å². The molecule has 0 fully saturated rings. The van der Waals surface area contributed by atoms with E-state index in [1.165, 1.54) is 5.57 Å². The lowest BCUT2D eigenvalue weighted by Crippen LogP contribution is -2.15. The monoisotopic (exact) mass is 399 g/mol. The van der Waals surface area contributed by atoms with Crippen molar-refractivity contribution in [3.8, 4) is 0 Å². The molecule has 1 heterocycles. The SMILES string of the molecule is CC1=C(c2ccccc2)c2c(c3ccccc3n2S(=O)(=O)c2ccc(C)cc2)C1. The Kier molecular flexibility index (Phi) is 4.00. The Hall–Kier alpha value is -3.11. The molecule has 0 saturated heterocycles. The summed E-state index contributed by atoms with van der Waals surface area (Å²) in [5, 5.41) is 1.00. The Labute approximate surface area is 171 Å². The van der Waals surface area contributed by atoms with E-state index in [9.17, 15) is 8.42 Å². The lowest BCUT2D eigenvalue weighted by atomic mass is 10.0. The molecule has 0 unspecified atom stereocenters. The Morgan fingerprint density at radius 3 is 2.17 bits per heavy atom. The number of aryl methyl sites for hydroxylation is 1. The van der Waals surface area contributed by atoms with Crippen molar-refractivity contribution in [3.63, 3.8) is 0 Å². The zero-order valence-corrected chi connectivity index (χ0v) is 17.2. The van der Waals surface area contributed by atoms with Gasteiger partial charge in [0.05, 0.1) is 16.1 Å².